The summed E-state index contributed by atoms with van der Waals surface area (Å²) in [4.78, 5) is 1.30. The number of hydrogen-bond donors (Lipinski definition) is 1. The van der Waals surface area contributed by atoms with Crippen LogP contribution in [0.3, 0.4) is 0 Å². The maximum atomic E-state index is 5.72. The van der Waals surface area contributed by atoms with Crippen LogP contribution >= 0.6 is 43.2 Å². The largest absolute Gasteiger partial charge is 0.492 e. The van der Waals surface area contributed by atoms with Crippen molar-refractivity contribution in [2.75, 3.05) is 13.2 Å². The van der Waals surface area contributed by atoms with E-state index in [1.807, 2.05) is 6.07 Å². The second-order valence-corrected chi connectivity index (χ2v) is 8.02. The first-order chi connectivity index (χ1) is 10.2. The summed E-state index contributed by atoms with van der Waals surface area (Å²) in [7, 11) is 0. The Morgan fingerprint density at radius 3 is 2.57 bits per heavy atom. The van der Waals surface area contributed by atoms with Crippen molar-refractivity contribution in [3.05, 3.63) is 49.0 Å². The highest BCUT2D eigenvalue weighted by Gasteiger charge is 2.16. The summed E-state index contributed by atoms with van der Waals surface area (Å²) in [5, 5.41) is 3.55. The summed E-state index contributed by atoms with van der Waals surface area (Å²) >= 11 is 8.92. The average molecular weight is 433 g/mol. The van der Waals surface area contributed by atoms with E-state index in [1.165, 1.54) is 10.4 Å². The number of benzene rings is 1. The lowest BCUT2D eigenvalue weighted by molar-refractivity contribution is 0.315. The van der Waals surface area contributed by atoms with Crippen LogP contribution in [0.1, 0.15) is 36.8 Å². The predicted octanol–water partition coefficient (Wildman–Crippen LogP) is 5.76. The van der Waals surface area contributed by atoms with Gasteiger partial charge in [0.15, 0.2) is 0 Å². The van der Waals surface area contributed by atoms with Crippen LogP contribution in [0.4, 0.5) is 0 Å². The van der Waals surface area contributed by atoms with Crippen molar-refractivity contribution in [3.63, 3.8) is 0 Å². The second-order valence-electron chi connectivity index (χ2n) is 4.67. The molecule has 1 aromatic heterocycles. The topological polar surface area (TPSA) is 21.3 Å². The minimum Gasteiger partial charge on any atom is -0.492 e. The van der Waals surface area contributed by atoms with E-state index < -0.39 is 0 Å². The molecule has 0 spiro atoms. The first-order valence-electron chi connectivity index (χ1n) is 7.06. The van der Waals surface area contributed by atoms with E-state index >= 15 is 0 Å². The van der Waals surface area contributed by atoms with Gasteiger partial charge >= 0.3 is 0 Å². The normalized spacial score (nSPS) is 12.4. The number of hydrogen-bond acceptors (Lipinski definition) is 3. The molecule has 0 aliphatic rings. The van der Waals surface area contributed by atoms with E-state index in [0.717, 1.165) is 33.6 Å². The third kappa shape index (κ3) is 4.55. The maximum Gasteiger partial charge on any atom is 0.133 e. The van der Waals surface area contributed by atoms with Gasteiger partial charge in [-0.3, -0.25) is 0 Å². The Kier molecular flexibility index (Phi) is 6.74. The van der Waals surface area contributed by atoms with Crippen molar-refractivity contribution in [1.82, 2.24) is 5.32 Å². The molecule has 2 aromatic rings. The summed E-state index contributed by atoms with van der Waals surface area (Å²) in [6.07, 6.45) is 1.01. The van der Waals surface area contributed by atoms with Gasteiger partial charge in [0.25, 0.3) is 0 Å². The number of nitrogens with one attached hydrogen (secondary N) is 1. The molecular formula is C16H19Br2NOS. The van der Waals surface area contributed by atoms with E-state index in [9.17, 15) is 0 Å². The molecule has 0 radical (unpaired) electrons. The number of halogens is 2. The summed E-state index contributed by atoms with van der Waals surface area (Å²) < 4.78 is 7.88. The Labute approximate surface area is 147 Å². The van der Waals surface area contributed by atoms with Crippen LogP contribution < -0.4 is 10.1 Å². The minimum absolute atomic E-state index is 0.211. The van der Waals surface area contributed by atoms with Crippen molar-refractivity contribution >= 4 is 43.2 Å². The zero-order valence-electron chi connectivity index (χ0n) is 12.2. The van der Waals surface area contributed by atoms with Crippen LogP contribution in [-0.4, -0.2) is 13.2 Å². The van der Waals surface area contributed by atoms with Crippen LogP contribution in [0, 0.1) is 0 Å². The van der Waals surface area contributed by atoms with Gasteiger partial charge in [-0.25, -0.2) is 0 Å². The fourth-order valence-electron chi connectivity index (χ4n) is 2.10. The molecule has 5 heteroatoms. The lowest BCUT2D eigenvalue weighted by Gasteiger charge is -2.18. The van der Waals surface area contributed by atoms with Gasteiger partial charge in [0, 0.05) is 4.88 Å². The molecule has 0 aliphatic heterocycles. The van der Waals surface area contributed by atoms with Crippen LogP contribution in [0.15, 0.2) is 38.6 Å². The second kappa shape index (κ2) is 8.32. The molecule has 1 N–H and O–H groups in total. The van der Waals surface area contributed by atoms with E-state index in [0.29, 0.717) is 0 Å². The smallest absolute Gasteiger partial charge is 0.133 e. The van der Waals surface area contributed by atoms with Gasteiger partial charge in [-0.05, 0) is 74.7 Å². The van der Waals surface area contributed by atoms with E-state index in [1.54, 1.807) is 11.3 Å². The van der Waals surface area contributed by atoms with Crippen molar-refractivity contribution in [2.45, 2.75) is 26.3 Å². The van der Waals surface area contributed by atoms with Crippen molar-refractivity contribution in [1.29, 1.82) is 0 Å². The Balaban J connectivity index is 2.26. The lowest BCUT2D eigenvalue weighted by atomic mass is 10.1. The third-order valence-corrected chi connectivity index (χ3v) is 5.35. The number of thiophene rings is 1. The lowest BCUT2D eigenvalue weighted by Crippen LogP contribution is -2.21. The van der Waals surface area contributed by atoms with Gasteiger partial charge in [-0.2, -0.15) is 0 Å². The third-order valence-electron chi connectivity index (χ3n) is 3.04. The molecule has 0 aliphatic carbocycles. The van der Waals surface area contributed by atoms with Gasteiger partial charge in [-0.1, -0.05) is 19.9 Å². The van der Waals surface area contributed by atoms with Gasteiger partial charge in [0.05, 0.1) is 20.9 Å². The Morgan fingerprint density at radius 1 is 1.19 bits per heavy atom. The fourth-order valence-corrected chi connectivity index (χ4v) is 4.13. The molecule has 114 valence electrons. The minimum atomic E-state index is 0.211. The van der Waals surface area contributed by atoms with Crippen molar-refractivity contribution < 1.29 is 4.74 Å². The molecule has 2 rings (SSSR count). The standard InChI is InChI=1S/C16H19Br2NOS/c1-3-9-20-13-6-5-11(10-12(13)17)16(19-4-2)14-7-8-15(18)21-14/h5-8,10,16,19H,3-4,9H2,1-2H3. The van der Waals surface area contributed by atoms with Crippen molar-refractivity contribution in [3.8, 4) is 5.75 Å². The Morgan fingerprint density at radius 2 is 2.00 bits per heavy atom. The first-order valence-corrected chi connectivity index (χ1v) is 9.46. The highest BCUT2D eigenvalue weighted by molar-refractivity contribution is 9.11. The van der Waals surface area contributed by atoms with E-state index in [4.69, 9.17) is 4.74 Å². The van der Waals surface area contributed by atoms with Gasteiger partial charge in [0.1, 0.15) is 5.75 Å². The summed E-state index contributed by atoms with van der Waals surface area (Å²) in [6.45, 7) is 5.90. The molecular weight excluding hydrogens is 414 g/mol. The zero-order valence-corrected chi connectivity index (χ0v) is 16.1. The molecule has 0 fully saturated rings. The van der Waals surface area contributed by atoms with Crippen LogP contribution in [0.5, 0.6) is 5.75 Å². The SMILES string of the molecule is CCCOc1ccc(C(NCC)c2ccc(Br)s2)cc1Br. The van der Waals surface area contributed by atoms with E-state index in [-0.39, 0.29) is 6.04 Å². The number of rotatable bonds is 7. The zero-order chi connectivity index (χ0) is 15.2. The van der Waals surface area contributed by atoms with Crippen LogP contribution in [0.2, 0.25) is 0 Å². The van der Waals surface area contributed by atoms with Crippen LogP contribution in [0.25, 0.3) is 0 Å². The van der Waals surface area contributed by atoms with Crippen LogP contribution in [-0.2, 0) is 0 Å². The molecule has 21 heavy (non-hydrogen) atoms. The maximum absolute atomic E-state index is 5.72. The summed E-state index contributed by atoms with van der Waals surface area (Å²) in [6, 6.07) is 10.8. The van der Waals surface area contributed by atoms with Gasteiger partial charge in [-0.15, -0.1) is 11.3 Å². The van der Waals surface area contributed by atoms with Gasteiger partial charge < -0.3 is 10.1 Å². The fraction of sp³-hybridized carbons (Fsp3) is 0.375. The Hall–Kier alpha value is -0.360. The highest BCUT2D eigenvalue weighted by atomic mass is 79.9. The monoisotopic (exact) mass is 431 g/mol. The van der Waals surface area contributed by atoms with Crippen molar-refractivity contribution in [2.24, 2.45) is 0 Å². The molecule has 0 amide bonds. The highest BCUT2D eigenvalue weighted by Crippen LogP contribution is 2.34. The first kappa shape index (κ1) is 17.0. The molecule has 0 bridgehead atoms. The Bertz CT molecular complexity index is 585. The molecule has 0 saturated heterocycles. The molecule has 1 aromatic carbocycles. The molecule has 1 heterocycles. The predicted molar refractivity (Wildman–Crippen MR) is 97.5 cm³/mol. The summed E-state index contributed by atoms with van der Waals surface area (Å²) in [5.74, 6) is 0.906. The summed E-state index contributed by atoms with van der Waals surface area (Å²) in [5.41, 5.74) is 1.24. The molecule has 1 unspecified atom stereocenters. The molecule has 0 saturated carbocycles. The quantitative estimate of drug-likeness (QED) is 0.600. The average Bonchev–Trinajstić information content (AvgIpc) is 2.90. The van der Waals surface area contributed by atoms with Gasteiger partial charge in [0.2, 0.25) is 0 Å². The number of ether oxygens (including phenoxy) is 1. The molecule has 2 nitrogen and oxygen atoms in total. The van der Waals surface area contributed by atoms with E-state index in [2.05, 4.69) is 75.3 Å². The molecule has 1 atom stereocenters.